The highest BCUT2D eigenvalue weighted by Gasteiger charge is 2.54. The average molecular weight is 1140 g/mol. The van der Waals surface area contributed by atoms with Crippen LogP contribution >= 0.6 is 0 Å². The third kappa shape index (κ3) is 11.1. The number of ether oxygens (including phenoxy) is 1. The monoisotopic (exact) mass is 1140 g/mol. The Morgan fingerprint density at radius 2 is 1.10 bits per heavy atom. The number of nitrogens with one attached hydrogen (secondary N) is 8. The van der Waals surface area contributed by atoms with Crippen molar-refractivity contribution < 1.29 is 52.7 Å². The van der Waals surface area contributed by atoms with Gasteiger partial charge in [0.05, 0.1) is 41.1 Å². The summed E-state index contributed by atoms with van der Waals surface area (Å²) in [5.74, 6) is -4.74. The molecule has 8 heterocycles. The van der Waals surface area contributed by atoms with Gasteiger partial charge in [0.2, 0.25) is 29.2 Å². The number of ketones is 1. The lowest BCUT2D eigenvalue weighted by Gasteiger charge is -2.34. The molecule has 0 radical (unpaired) electrons. The Kier molecular flexibility index (Phi) is 15.3. The molecule has 432 valence electrons. The standard InChI is InChI=1S/C55H61N17O11/c1-27-20-72(39-19-38(74)45-44(55(27,39)4)43(28(2)57-45)54(82)83-11)53(81)37-18-33(24-69(37)8)60-50(78)36-17-32(23-68(36)7)62-52(80)47-65-41(26-71(47)10)63-42(75)13-12-14-56-48(76)34-15-30(21-66(34)5)59-49(77)35-16-31(22-67(35)6)61-51(79)46-64-40(25-70(46)9)58-29(3)73/h15-19,21-27,57H,12-14,20H2,1-11H3,(H,56,76)(H,58,73)(H,59,77)(H,60,78)(H,61,79)(H,62,80)(H,63,75)/t27?,55-/m0/s1. The number of aromatic nitrogens is 9. The van der Waals surface area contributed by atoms with Crippen molar-refractivity contribution in [1.82, 2.24) is 52.6 Å². The van der Waals surface area contributed by atoms with E-state index in [1.165, 1.54) is 90.7 Å². The topological polar surface area (TPSA) is 339 Å². The molecule has 2 atom stereocenters. The lowest BCUT2D eigenvalue weighted by atomic mass is 9.68. The molecule has 7 aromatic rings. The summed E-state index contributed by atoms with van der Waals surface area (Å²) in [7, 11) is 11.0. The molecule has 0 aromatic carbocycles. The maximum absolute atomic E-state index is 14.3. The summed E-state index contributed by atoms with van der Waals surface area (Å²) >= 11 is 0. The van der Waals surface area contributed by atoms with Gasteiger partial charge in [0.25, 0.3) is 35.4 Å². The number of nitrogens with zero attached hydrogens (tertiary/aromatic N) is 9. The maximum atomic E-state index is 14.3. The van der Waals surface area contributed by atoms with Crippen LogP contribution in [0.15, 0.2) is 73.2 Å². The molecule has 1 aliphatic heterocycles. The molecule has 28 heteroatoms. The van der Waals surface area contributed by atoms with E-state index in [2.05, 4.69) is 52.2 Å². The molecule has 0 spiro atoms. The first-order valence-electron chi connectivity index (χ1n) is 26.0. The molecule has 2 aliphatic rings. The van der Waals surface area contributed by atoms with Crippen molar-refractivity contribution in [1.29, 1.82) is 0 Å². The molecular formula is C55H61N17O11. The first kappa shape index (κ1) is 57.2. The second-order valence-corrected chi connectivity index (χ2v) is 20.7. The second-order valence-electron chi connectivity index (χ2n) is 20.7. The lowest BCUT2D eigenvalue weighted by Crippen LogP contribution is -2.37. The van der Waals surface area contributed by atoms with Gasteiger partial charge in [-0.05, 0) is 50.5 Å². The number of rotatable bonds is 17. The van der Waals surface area contributed by atoms with Crippen LogP contribution in [0, 0.1) is 12.8 Å². The zero-order valence-corrected chi connectivity index (χ0v) is 47.3. The van der Waals surface area contributed by atoms with Crippen LogP contribution in [0.1, 0.15) is 129 Å². The van der Waals surface area contributed by atoms with Crippen molar-refractivity contribution in [2.75, 3.05) is 52.1 Å². The van der Waals surface area contributed by atoms with E-state index in [9.17, 15) is 47.9 Å². The second kappa shape index (κ2) is 22.2. The Balaban J connectivity index is 0.735. The van der Waals surface area contributed by atoms with E-state index in [0.29, 0.717) is 34.0 Å². The molecule has 8 N–H and O–H groups in total. The molecule has 1 aliphatic carbocycles. The molecule has 28 nitrogen and oxygen atoms in total. The minimum absolute atomic E-state index is 0.00553. The Bertz CT molecular complexity index is 3930. The number of carbonyl (C=O) groups excluding carboxylic acids is 10. The van der Waals surface area contributed by atoms with Crippen molar-refractivity contribution >= 4 is 93.4 Å². The van der Waals surface area contributed by atoms with E-state index in [4.69, 9.17) is 4.74 Å². The fraction of sp³-hybridized carbons (Fsp3) is 0.309. The minimum Gasteiger partial charge on any atom is -0.465 e. The summed E-state index contributed by atoms with van der Waals surface area (Å²) in [5, 5.41) is 19.0. The van der Waals surface area contributed by atoms with Crippen LogP contribution in [0.25, 0.3) is 0 Å². The fourth-order valence-electron chi connectivity index (χ4n) is 10.5. The molecular weight excluding hydrogens is 1070 g/mol. The van der Waals surface area contributed by atoms with Crippen LogP contribution in [0.5, 0.6) is 0 Å². The summed E-state index contributed by atoms with van der Waals surface area (Å²) in [5.41, 5.74) is 3.18. The molecule has 0 saturated carbocycles. The largest absolute Gasteiger partial charge is 0.465 e. The van der Waals surface area contributed by atoms with Gasteiger partial charge in [-0.1, -0.05) is 6.92 Å². The van der Waals surface area contributed by atoms with Crippen molar-refractivity contribution in [3.63, 3.8) is 0 Å². The van der Waals surface area contributed by atoms with E-state index in [-0.39, 0.29) is 107 Å². The number of likely N-dealkylation sites (tertiary alicyclic amines) is 1. The van der Waals surface area contributed by atoms with Crippen molar-refractivity contribution in [3.8, 4) is 0 Å². The molecule has 1 saturated heterocycles. The summed E-state index contributed by atoms with van der Waals surface area (Å²) in [4.78, 5) is 145. The number of methoxy groups -OCH3 is 1. The van der Waals surface area contributed by atoms with Crippen molar-refractivity contribution in [2.45, 2.75) is 46.0 Å². The summed E-state index contributed by atoms with van der Waals surface area (Å²) < 4.78 is 14.1. The minimum atomic E-state index is -0.879. The number of anilines is 6. The van der Waals surface area contributed by atoms with Crippen molar-refractivity contribution in [3.05, 3.63) is 130 Å². The molecule has 9 rings (SSSR count). The highest BCUT2D eigenvalue weighted by Crippen LogP contribution is 2.52. The van der Waals surface area contributed by atoms with Gasteiger partial charge in [0.15, 0.2) is 11.6 Å². The zero-order valence-electron chi connectivity index (χ0n) is 47.3. The van der Waals surface area contributed by atoms with Gasteiger partial charge in [-0.3, -0.25) is 43.2 Å². The molecule has 7 aromatic heterocycles. The first-order valence-corrected chi connectivity index (χ1v) is 26.0. The van der Waals surface area contributed by atoms with E-state index in [0.717, 1.165) is 0 Å². The third-order valence-corrected chi connectivity index (χ3v) is 14.7. The van der Waals surface area contributed by atoms with Crippen LogP contribution in [0.2, 0.25) is 0 Å². The predicted octanol–water partition coefficient (Wildman–Crippen LogP) is 4.18. The lowest BCUT2D eigenvalue weighted by molar-refractivity contribution is -0.116. The molecule has 83 heavy (non-hydrogen) atoms. The number of hydrogen-bond donors (Lipinski definition) is 8. The Morgan fingerprint density at radius 1 is 0.639 bits per heavy atom. The van der Waals surface area contributed by atoms with Crippen LogP contribution < -0.4 is 37.2 Å². The number of aryl methyl sites for hydroxylation is 7. The van der Waals surface area contributed by atoms with Crippen LogP contribution in [0.4, 0.5) is 34.4 Å². The summed E-state index contributed by atoms with van der Waals surface area (Å²) in [6.07, 6.45) is 10.8. The summed E-state index contributed by atoms with van der Waals surface area (Å²) in [6.45, 7) is 7.26. The van der Waals surface area contributed by atoms with E-state index in [1.807, 2.05) is 13.8 Å². The number of amides is 8. The van der Waals surface area contributed by atoms with Crippen LogP contribution in [-0.2, 0) is 62.0 Å². The predicted molar refractivity (Wildman–Crippen MR) is 301 cm³/mol. The van der Waals surface area contributed by atoms with E-state index < -0.39 is 52.7 Å². The van der Waals surface area contributed by atoms with Crippen LogP contribution in [-0.4, -0.2) is 126 Å². The quantitative estimate of drug-likeness (QED) is 0.0469. The average Bonchev–Trinajstić information content (AvgIpc) is 4.03. The fourth-order valence-corrected chi connectivity index (χ4v) is 10.5. The number of carbonyl (C=O) groups is 10. The SMILES string of the molecule is COC(=O)c1c(C)[nH]c2c1[C@]1(C)C(=CC2=O)N(C(=O)c2cc(NC(=O)c3cc(NC(=O)c4nc(NC(=O)CCCNC(=O)c5cc(NC(=O)c6cc(NC(=O)c7nc(NC(C)=O)cn7C)cn6C)cn5C)cn4C)cn3C)cn2C)CC1C. The smallest absolute Gasteiger partial charge is 0.340 e. The van der Waals surface area contributed by atoms with Gasteiger partial charge in [-0.15, -0.1) is 0 Å². The number of imidazole rings is 2. The Hall–Kier alpha value is -10.5. The number of esters is 1. The van der Waals surface area contributed by atoms with Gasteiger partial charge in [0.1, 0.15) is 22.8 Å². The van der Waals surface area contributed by atoms with E-state index in [1.54, 1.807) is 72.4 Å². The number of fused-ring (bicyclic) bond motifs is 3. The van der Waals surface area contributed by atoms with E-state index >= 15 is 0 Å². The molecule has 1 unspecified atom stereocenters. The molecule has 1 fully saturated rings. The maximum Gasteiger partial charge on any atom is 0.340 e. The molecule has 8 amide bonds. The van der Waals surface area contributed by atoms with Gasteiger partial charge in [-0.25, -0.2) is 14.8 Å². The Morgan fingerprint density at radius 3 is 1.59 bits per heavy atom. The highest BCUT2D eigenvalue weighted by atomic mass is 16.5. The Labute approximate surface area is 473 Å². The first-order chi connectivity index (χ1) is 39.2. The molecule has 0 bridgehead atoms. The van der Waals surface area contributed by atoms with Gasteiger partial charge < -0.3 is 79.2 Å². The van der Waals surface area contributed by atoms with Crippen molar-refractivity contribution in [2.24, 2.45) is 48.2 Å². The van der Waals surface area contributed by atoms with Crippen LogP contribution in [0.3, 0.4) is 0 Å². The highest BCUT2D eigenvalue weighted by molar-refractivity contribution is 6.12. The normalized spacial score (nSPS) is 15.2. The number of aromatic amines is 1. The number of H-pyrrole nitrogens is 1. The van der Waals surface area contributed by atoms with Gasteiger partial charge in [0, 0.05) is 134 Å². The number of hydrogen-bond acceptors (Lipinski definition) is 13. The third-order valence-electron chi connectivity index (χ3n) is 14.7. The number of allylic oxidation sites excluding steroid dienone is 2. The summed E-state index contributed by atoms with van der Waals surface area (Å²) in [6, 6.07) is 5.96. The van der Waals surface area contributed by atoms with Gasteiger partial charge >= 0.3 is 5.97 Å². The van der Waals surface area contributed by atoms with Gasteiger partial charge in [-0.2, -0.15) is 0 Å². The zero-order chi connectivity index (χ0) is 60.1.